The zero-order chi connectivity index (χ0) is 23.4. The number of nitrogens with zero attached hydrogens (tertiary/aromatic N) is 5. The third-order valence-corrected chi connectivity index (χ3v) is 8.25. The molecule has 0 saturated carbocycles. The maximum Gasteiger partial charge on any atom is 0.223 e. The molecule has 0 bridgehead atoms. The maximum absolute atomic E-state index is 12.8. The van der Waals surface area contributed by atoms with Crippen molar-refractivity contribution in [2.24, 2.45) is 0 Å². The number of aromatic nitrogens is 3. The lowest BCUT2D eigenvalue weighted by Crippen LogP contribution is -2.39. The Morgan fingerprint density at radius 1 is 1.00 bits per heavy atom. The molecule has 2 amide bonds. The predicted molar refractivity (Wildman–Crippen MR) is 122 cm³/mol. The molecule has 1 fully saturated rings. The molecular formula is C23H31N5O4S. The van der Waals surface area contributed by atoms with Crippen LogP contribution in [0.3, 0.4) is 0 Å². The second-order valence-corrected chi connectivity index (χ2v) is 10.7. The standard InChI is InChI=1S/C23H31N5O4S/c1-2-21(29)27-13-7-6-10-19(27)23-25-24-20-11-14-26(15-16-28(20)23)22(30)12-17-33(31,32)18-8-4-3-5-9-18/h3-5,8-9,19H,2,6-7,10-17H2,1H3. The summed E-state index contributed by atoms with van der Waals surface area (Å²) in [5, 5.41) is 8.81. The molecule has 3 heterocycles. The SMILES string of the molecule is CCC(=O)N1CCCCC1c1nnc2n1CCN(C(=O)CCS(=O)(=O)c1ccccc1)CC2. The number of fused-ring (bicyclic) bond motifs is 1. The molecule has 0 aliphatic carbocycles. The molecule has 1 aromatic heterocycles. The predicted octanol–water partition coefficient (Wildman–Crippen LogP) is 1.99. The number of carbonyl (C=O) groups is 2. The molecule has 1 saturated heterocycles. The number of carbonyl (C=O) groups excluding carboxylic acids is 2. The van der Waals surface area contributed by atoms with E-state index in [0.29, 0.717) is 32.5 Å². The molecule has 10 heteroatoms. The second kappa shape index (κ2) is 10.0. The molecule has 0 N–H and O–H groups in total. The first-order valence-electron chi connectivity index (χ1n) is 11.7. The molecule has 178 valence electrons. The van der Waals surface area contributed by atoms with Gasteiger partial charge in [0.2, 0.25) is 11.8 Å². The Kier molecular flexibility index (Phi) is 7.11. The summed E-state index contributed by atoms with van der Waals surface area (Å²) in [6, 6.07) is 8.15. The minimum absolute atomic E-state index is 0.0495. The molecule has 2 aromatic rings. The lowest BCUT2D eigenvalue weighted by Gasteiger charge is -2.35. The van der Waals surface area contributed by atoms with Crippen LogP contribution in [0.1, 0.15) is 56.7 Å². The Balaban J connectivity index is 1.41. The molecule has 9 nitrogen and oxygen atoms in total. The third kappa shape index (κ3) is 5.10. The number of amides is 2. The topological polar surface area (TPSA) is 105 Å². The molecule has 33 heavy (non-hydrogen) atoms. The number of likely N-dealkylation sites (tertiary alicyclic amines) is 1. The van der Waals surface area contributed by atoms with Crippen LogP contribution >= 0.6 is 0 Å². The molecule has 2 aliphatic heterocycles. The van der Waals surface area contributed by atoms with E-state index in [1.807, 2.05) is 11.8 Å². The van der Waals surface area contributed by atoms with Gasteiger partial charge in [0.25, 0.3) is 0 Å². The lowest BCUT2D eigenvalue weighted by molar-refractivity contribution is -0.135. The van der Waals surface area contributed by atoms with E-state index >= 15 is 0 Å². The number of hydrogen-bond donors (Lipinski definition) is 0. The fourth-order valence-corrected chi connectivity index (χ4v) is 5.92. The number of benzene rings is 1. The van der Waals surface area contributed by atoms with E-state index in [0.717, 1.165) is 37.5 Å². The molecule has 1 aromatic carbocycles. The van der Waals surface area contributed by atoms with Crippen molar-refractivity contribution in [1.82, 2.24) is 24.6 Å². The van der Waals surface area contributed by atoms with Gasteiger partial charge in [-0.2, -0.15) is 0 Å². The molecule has 0 spiro atoms. The summed E-state index contributed by atoms with van der Waals surface area (Å²) in [5.41, 5.74) is 0. The van der Waals surface area contributed by atoms with Crippen LogP contribution < -0.4 is 0 Å². The number of hydrogen-bond acceptors (Lipinski definition) is 6. The highest BCUT2D eigenvalue weighted by molar-refractivity contribution is 7.91. The summed E-state index contributed by atoms with van der Waals surface area (Å²) in [6.07, 6.45) is 3.87. The summed E-state index contributed by atoms with van der Waals surface area (Å²) in [5.74, 6) is 1.36. The van der Waals surface area contributed by atoms with Crippen molar-refractivity contribution in [3.8, 4) is 0 Å². The van der Waals surface area contributed by atoms with Gasteiger partial charge in [0.15, 0.2) is 15.7 Å². The summed E-state index contributed by atoms with van der Waals surface area (Å²) in [4.78, 5) is 29.2. The van der Waals surface area contributed by atoms with Crippen LogP contribution in [0.25, 0.3) is 0 Å². The quantitative estimate of drug-likeness (QED) is 0.635. The van der Waals surface area contributed by atoms with Gasteiger partial charge in [0.05, 0.1) is 16.7 Å². The second-order valence-electron chi connectivity index (χ2n) is 8.59. The van der Waals surface area contributed by atoms with Gasteiger partial charge in [-0.15, -0.1) is 10.2 Å². The van der Waals surface area contributed by atoms with Crippen molar-refractivity contribution >= 4 is 21.7 Å². The number of sulfone groups is 1. The Morgan fingerprint density at radius 2 is 1.79 bits per heavy atom. The van der Waals surface area contributed by atoms with E-state index in [4.69, 9.17) is 0 Å². The zero-order valence-corrected chi connectivity index (χ0v) is 19.8. The Bertz CT molecular complexity index is 1100. The van der Waals surface area contributed by atoms with Crippen molar-refractivity contribution in [3.63, 3.8) is 0 Å². The summed E-state index contributed by atoms with van der Waals surface area (Å²) in [6.45, 7) is 4.10. The minimum Gasteiger partial charge on any atom is -0.340 e. The van der Waals surface area contributed by atoms with Crippen LogP contribution in [0.4, 0.5) is 0 Å². The van der Waals surface area contributed by atoms with Gasteiger partial charge in [-0.1, -0.05) is 25.1 Å². The highest BCUT2D eigenvalue weighted by Gasteiger charge is 2.33. The zero-order valence-electron chi connectivity index (χ0n) is 19.0. The van der Waals surface area contributed by atoms with Gasteiger partial charge in [-0.3, -0.25) is 9.59 Å². The van der Waals surface area contributed by atoms with Gasteiger partial charge in [-0.25, -0.2) is 8.42 Å². The van der Waals surface area contributed by atoms with Crippen LogP contribution in [0.5, 0.6) is 0 Å². The van der Waals surface area contributed by atoms with Crippen molar-refractivity contribution in [2.75, 3.05) is 25.4 Å². The first-order chi connectivity index (χ1) is 15.9. The Labute approximate surface area is 194 Å². The fourth-order valence-electron chi connectivity index (χ4n) is 4.67. The van der Waals surface area contributed by atoms with E-state index in [-0.39, 0.29) is 34.9 Å². The van der Waals surface area contributed by atoms with E-state index < -0.39 is 9.84 Å². The van der Waals surface area contributed by atoms with Crippen LogP contribution in [0.2, 0.25) is 0 Å². The van der Waals surface area contributed by atoms with Gasteiger partial charge >= 0.3 is 0 Å². The lowest BCUT2D eigenvalue weighted by atomic mass is 10.0. The first kappa shape index (κ1) is 23.4. The van der Waals surface area contributed by atoms with E-state index in [2.05, 4.69) is 14.8 Å². The molecule has 1 unspecified atom stereocenters. The van der Waals surface area contributed by atoms with Crippen molar-refractivity contribution in [1.29, 1.82) is 0 Å². The molecule has 4 rings (SSSR count). The van der Waals surface area contributed by atoms with Gasteiger partial charge in [-0.05, 0) is 31.4 Å². The van der Waals surface area contributed by atoms with Crippen molar-refractivity contribution in [3.05, 3.63) is 42.0 Å². The van der Waals surface area contributed by atoms with Gasteiger partial charge in [0, 0.05) is 45.4 Å². The van der Waals surface area contributed by atoms with Gasteiger partial charge < -0.3 is 14.4 Å². The van der Waals surface area contributed by atoms with Crippen LogP contribution in [-0.2, 0) is 32.4 Å². The molecule has 0 radical (unpaired) electrons. The smallest absolute Gasteiger partial charge is 0.223 e. The third-order valence-electron chi connectivity index (χ3n) is 6.52. The fraction of sp³-hybridized carbons (Fsp3) is 0.565. The number of rotatable bonds is 6. The summed E-state index contributed by atoms with van der Waals surface area (Å²) in [7, 11) is -3.50. The minimum atomic E-state index is -3.50. The highest BCUT2D eigenvalue weighted by atomic mass is 32.2. The number of piperidine rings is 1. The summed E-state index contributed by atoms with van der Waals surface area (Å²) >= 11 is 0. The average molecular weight is 474 g/mol. The Morgan fingerprint density at radius 3 is 2.55 bits per heavy atom. The van der Waals surface area contributed by atoms with Crippen molar-refractivity contribution in [2.45, 2.75) is 62.9 Å². The highest BCUT2D eigenvalue weighted by Crippen LogP contribution is 2.31. The average Bonchev–Trinajstić information content (AvgIpc) is 3.13. The van der Waals surface area contributed by atoms with E-state index in [9.17, 15) is 18.0 Å². The van der Waals surface area contributed by atoms with Crippen LogP contribution in [-0.4, -0.2) is 70.2 Å². The first-order valence-corrected chi connectivity index (χ1v) is 13.3. The van der Waals surface area contributed by atoms with Crippen molar-refractivity contribution < 1.29 is 18.0 Å². The molecule has 1 atom stereocenters. The largest absolute Gasteiger partial charge is 0.340 e. The van der Waals surface area contributed by atoms with Crippen LogP contribution in [0, 0.1) is 0 Å². The molecular weight excluding hydrogens is 442 g/mol. The maximum atomic E-state index is 12.8. The monoisotopic (exact) mass is 473 g/mol. The van der Waals surface area contributed by atoms with Gasteiger partial charge in [0.1, 0.15) is 5.82 Å². The normalized spacial score (nSPS) is 19.1. The molecule has 2 aliphatic rings. The van der Waals surface area contributed by atoms with E-state index in [1.54, 1.807) is 35.2 Å². The van der Waals surface area contributed by atoms with E-state index in [1.165, 1.54) is 0 Å². The Hall–Kier alpha value is -2.75. The van der Waals surface area contributed by atoms with Crippen LogP contribution in [0.15, 0.2) is 35.2 Å². The summed E-state index contributed by atoms with van der Waals surface area (Å²) < 4.78 is 27.1.